The van der Waals surface area contributed by atoms with Crippen LogP contribution in [0.2, 0.25) is 5.02 Å². The van der Waals surface area contributed by atoms with Crippen molar-refractivity contribution in [3.63, 3.8) is 0 Å². The van der Waals surface area contributed by atoms with Gasteiger partial charge in [0.15, 0.2) is 0 Å². The molecule has 2 aromatic carbocycles. The molecule has 142 valence electrons. The van der Waals surface area contributed by atoms with Gasteiger partial charge in [-0.25, -0.2) is 9.18 Å². The second-order valence-corrected chi connectivity index (χ2v) is 7.59. The molecule has 1 fully saturated rings. The van der Waals surface area contributed by atoms with Crippen molar-refractivity contribution in [1.82, 2.24) is 10.2 Å². The van der Waals surface area contributed by atoms with Crippen LogP contribution in [0.1, 0.15) is 24.0 Å². The Balaban J connectivity index is 1.58. The third-order valence-corrected chi connectivity index (χ3v) is 5.70. The molecule has 4 rings (SSSR count). The molecule has 2 aliphatic rings. The molecule has 0 aromatic heterocycles. The standard InChI is InChI=1S/C21H23ClFN3O/c22-17-6-5-15(19(23)13-17)9-12-25-20-4-2-1-3-16(20)14-26(21(25)27)18-7-10-24-11-8-18/h1-6,13,18,24H,7-12,14H2. The number of carbonyl (C=O) groups excluding carboxylic acids is 1. The number of rotatable bonds is 4. The van der Waals surface area contributed by atoms with E-state index in [0.29, 0.717) is 30.1 Å². The molecule has 1 N–H and O–H groups in total. The third kappa shape index (κ3) is 3.80. The Morgan fingerprint density at radius 3 is 2.70 bits per heavy atom. The van der Waals surface area contributed by atoms with Crippen LogP contribution in [0, 0.1) is 5.82 Å². The third-order valence-electron chi connectivity index (χ3n) is 5.47. The average molecular weight is 388 g/mol. The average Bonchev–Trinajstić information content (AvgIpc) is 2.69. The van der Waals surface area contributed by atoms with Crippen LogP contribution in [0.4, 0.5) is 14.9 Å². The van der Waals surface area contributed by atoms with Crippen molar-refractivity contribution >= 4 is 23.3 Å². The summed E-state index contributed by atoms with van der Waals surface area (Å²) in [6.07, 6.45) is 2.38. The summed E-state index contributed by atoms with van der Waals surface area (Å²) in [6, 6.07) is 13.0. The monoisotopic (exact) mass is 387 g/mol. The molecule has 0 aliphatic carbocycles. The van der Waals surface area contributed by atoms with E-state index >= 15 is 0 Å². The van der Waals surface area contributed by atoms with Crippen LogP contribution in [0.15, 0.2) is 42.5 Å². The molecule has 0 atom stereocenters. The fraction of sp³-hybridized carbons (Fsp3) is 0.381. The number of halogens is 2. The Hall–Kier alpha value is -2.11. The zero-order valence-electron chi connectivity index (χ0n) is 15.1. The summed E-state index contributed by atoms with van der Waals surface area (Å²) in [5.74, 6) is -0.324. The first-order valence-corrected chi connectivity index (χ1v) is 9.82. The molecule has 27 heavy (non-hydrogen) atoms. The topological polar surface area (TPSA) is 35.6 Å². The van der Waals surface area contributed by atoms with Gasteiger partial charge in [-0.15, -0.1) is 0 Å². The summed E-state index contributed by atoms with van der Waals surface area (Å²) >= 11 is 5.84. The number of nitrogens with one attached hydrogen (secondary N) is 1. The summed E-state index contributed by atoms with van der Waals surface area (Å²) in [5, 5.41) is 3.73. The first-order chi connectivity index (χ1) is 13.1. The zero-order chi connectivity index (χ0) is 18.8. The van der Waals surface area contributed by atoms with E-state index in [9.17, 15) is 9.18 Å². The van der Waals surface area contributed by atoms with Crippen molar-refractivity contribution in [2.24, 2.45) is 0 Å². The van der Waals surface area contributed by atoms with Crippen molar-refractivity contribution in [2.75, 3.05) is 24.5 Å². The van der Waals surface area contributed by atoms with Crippen LogP contribution in [0.3, 0.4) is 0 Å². The molecule has 2 heterocycles. The van der Waals surface area contributed by atoms with Crippen molar-refractivity contribution in [3.8, 4) is 0 Å². The number of urea groups is 1. The molecule has 2 aromatic rings. The highest BCUT2D eigenvalue weighted by Gasteiger charge is 2.34. The summed E-state index contributed by atoms with van der Waals surface area (Å²) in [4.78, 5) is 17.1. The Morgan fingerprint density at radius 2 is 1.93 bits per heavy atom. The largest absolute Gasteiger partial charge is 0.325 e. The Kier molecular flexibility index (Phi) is 5.32. The van der Waals surface area contributed by atoms with Gasteiger partial charge in [-0.3, -0.25) is 4.90 Å². The Morgan fingerprint density at radius 1 is 1.15 bits per heavy atom. The van der Waals surface area contributed by atoms with Crippen LogP contribution in [-0.4, -0.2) is 36.6 Å². The highest BCUT2D eigenvalue weighted by Crippen LogP contribution is 2.31. The van der Waals surface area contributed by atoms with Crippen molar-refractivity contribution in [3.05, 3.63) is 64.4 Å². The number of para-hydroxylation sites is 1. The minimum Gasteiger partial charge on any atom is -0.317 e. The molecular weight excluding hydrogens is 365 g/mol. The highest BCUT2D eigenvalue weighted by atomic mass is 35.5. The molecule has 2 aliphatic heterocycles. The summed E-state index contributed by atoms with van der Waals surface area (Å²) in [7, 11) is 0. The maximum Gasteiger partial charge on any atom is 0.325 e. The zero-order valence-corrected chi connectivity index (χ0v) is 15.9. The van der Waals surface area contributed by atoms with Gasteiger partial charge in [0.05, 0.1) is 5.69 Å². The van der Waals surface area contributed by atoms with Crippen LogP contribution < -0.4 is 10.2 Å². The van der Waals surface area contributed by atoms with Crippen LogP contribution in [0.5, 0.6) is 0 Å². The number of amides is 2. The smallest absolute Gasteiger partial charge is 0.317 e. The first kappa shape index (κ1) is 18.3. The van der Waals surface area contributed by atoms with Crippen molar-refractivity contribution in [1.29, 1.82) is 0 Å². The van der Waals surface area contributed by atoms with Crippen LogP contribution >= 0.6 is 11.6 Å². The van der Waals surface area contributed by atoms with E-state index < -0.39 is 0 Å². The van der Waals surface area contributed by atoms with Crippen LogP contribution in [0.25, 0.3) is 0 Å². The van der Waals surface area contributed by atoms with E-state index in [1.54, 1.807) is 17.0 Å². The second kappa shape index (κ2) is 7.87. The second-order valence-electron chi connectivity index (χ2n) is 7.16. The predicted molar refractivity (Wildman–Crippen MR) is 106 cm³/mol. The normalized spacial score (nSPS) is 17.9. The Labute approximate surface area is 163 Å². The maximum absolute atomic E-state index is 14.2. The van der Waals surface area contributed by atoms with E-state index in [4.69, 9.17) is 11.6 Å². The number of benzene rings is 2. The van der Waals surface area contributed by atoms with E-state index in [0.717, 1.165) is 37.2 Å². The lowest BCUT2D eigenvalue weighted by Gasteiger charge is -2.42. The van der Waals surface area contributed by atoms with Crippen molar-refractivity contribution in [2.45, 2.75) is 31.8 Å². The van der Waals surface area contributed by atoms with Gasteiger partial charge in [-0.2, -0.15) is 0 Å². The number of fused-ring (bicyclic) bond motifs is 1. The summed E-state index contributed by atoms with van der Waals surface area (Å²) < 4.78 is 14.2. The number of nitrogens with zero attached hydrogens (tertiary/aromatic N) is 2. The van der Waals surface area contributed by atoms with Crippen LogP contribution in [-0.2, 0) is 13.0 Å². The van der Waals surface area contributed by atoms with E-state index in [-0.39, 0.29) is 17.9 Å². The Bertz CT molecular complexity index is 838. The highest BCUT2D eigenvalue weighted by molar-refractivity contribution is 6.30. The van der Waals surface area contributed by atoms with Gasteiger partial charge in [-0.1, -0.05) is 35.9 Å². The SMILES string of the molecule is O=C1N(CCc2ccc(Cl)cc2F)c2ccccc2CN1C1CCNCC1. The van der Waals surface area contributed by atoms with E-state index in [1.165, 1.54) is 6.07 Å². The lowest BCUT2D eigenvalue weighted by atomic mass is 10.0. The molecule has 0 spiro atoms. The summed E-state index contributed by atoms with van der Waals surface area (Å²) in [5.41, 5.74) is 2.65. The molecular formula is C21H23ClFN3O. The quantitative estimate of drug-likeness (QED) is 0.852. The van der Waals surface area contributed by atoms with Crippen molar-refractivity contribution < 1.29 is 9.18 Å². The number of hydrogen-bond donors (Lipinski definition) is 1. The number of hydrogen-bond acceptors (Lipinski definition) is 2. The molecule has 2 amide bonds. The fourth-order valence-electron chi connectivity index (χ4n) is 3.99. The first-order valence-electron chi connectivity index (χ1n) is 9.44. The van der Waals surface area contributed by atoms with Gasteiger partial charge in [-0.05, 0) is 61.7 Å². The molecule has 1 saturated heterocycles. The number of carbonyl (C=O) groups is 1. The fourth-order valence-corrected chi connectivity index (χ4v) is 4.15. The van der Waals surface area contributed by atoms with Gasteiger partial charge < -0.3 is 10.2 Å². The molecule has 0 unspecified atom stereocenters. The minimum absolute atomic E-state index is 0.0231. The van der Waals surface area contributed by atoms with E-state index in [2.05, 4.69) is 11.4 Å². The van der Waals surface area contributed by atoms with Gasteiger partial charge in [0.2, 0.25) is 0 Å². The van der Waals surface area contributed by atoms with Gasteiger partial charge in [0.25, 0.3) is 0 Å². The minimum atomic E-state index is -0.324. The predicted octanol–water partition coefficient (Wildman–Crippen LogP) is 4.22. The maximum atomic E-state index is 14.2. The molecule has 6 heteroatoms. The van der Waals surface area contributed by atoms with Gasteiger partial charge in [0.1, 0.15) is 5.82 Å². The molecule has 0 saturated carbocycles. The number of piperidine rings is 1. The number of anilines is 1. The summed E-state index contributed by atoms with van der Waals surface area (Å²) in [6.45, 7) is 2.96. The van der Waals surface area contributed by atoms with E-state index in [1.807, 2.05) is 23.1 Å². The molecule has 4 nitrogen and oxygen atoms in total. The lowest BCUT2D eigenvalue weighted by Crippen LogP contribution is -2.54. The van der Waals surface area contributed by atoms with Gasteiger partial charge >= 0.3 is 6.03 Å². The van der Waals surface area contributed by atoms with Gasteiger partial charge in [0, 0.05) is 24.2 Å². The molecule has 0 radical (unpaired) electrons. The molecule has 0 bridgehead atoms. The lowest BCUT2D eigenvalue weighted by molar-refractivity contribution is 0.156.